The van der Waals surface area contributed by atoms with Gasteiger partial charge in [0.05, 0.1) is 6.42 Å². The van der Waals surface area contributed by atoms with E-state index in [9.17, 15) is 9.59 Å². The molecule has 0 saturated heterocycles. The summed E-state index contributed by atoms with van der Waals surface area (Å²) in [5.74, 6) is -0.905. The van der Waals surface area contributed by atoms with Crippen LogP contribution < -0.4 is 5.32 Å². The summed E-state index contributed by atoms with van der Waals surface area (Å²) in [6.45, 7) is 0.565. The zero-order valence-electron chi connectivity index (χ0n) is 17.3. The van der Waals surface area contributed by atoms with Crippen LogP contribution in [0.15, 0.2) is 72.8 Å². The van der Waals surface area contributed by atoms with Gasteiger partial charge >= 0.3 is 12.1 Å². The lowest BCUT2D eigenvalue weighted by atomic mass is 9.98. The Morgan fingerprint density at radius 2 is 1.66 bits per heavy atom. The Balaban J connectivity index is 1.30. The molecule has 5 nitrogen and oxygen atoms in total. The van der Waals surface area contributed by atoms with Crippen molar-refractivity contribution < 1.29 is 19.4 Å². The number of carbonyl (C=O) groups is 2. The van der Waals surface area contributed by atoms with Crippen LogP contribution in [-0.4, -0.2) is 30.3 Å². The third kappa shape index (κ3) is 4.84. The summed E-state index contributed by atoms with van der Waals surface area (Å²) in [6, 6.07) is 21.6. The van der Waals surface area contributed by atoms with Gasteiger partial charge in [0, 0.05) is 17.5 Å². The number of amides is 1. The van der Waals surface area contributed by atoms with Crippen LogP contribution in [0, 0.1) is 0 Å². The molecule has 6 heteroatoms. The average Bonchev–Trinajstić information content (AvgIpc) is 3.10. The van der Waals surface area contributed by atoms with E-state index in [0.717, 1.165) is 5.56 Å². The van der Waals surface area contributed by atoms with E-state index in [2.05, 4.69) is 29.6 Å². The second-order valence-electron chi connectivity index (χ2n) is 7.53. The van der Waals surface area contributed by atoms with Gasteiger partial charge in [-0.3, -0.25) is 4.79 Å². The summed E-state index contributed by atoms with van der Waals surface area (Å²) >= 11 is 6.13. The maximum atomic E-state index is 12.2. The quantitative estimate of drug-likeness (QED) is 0.500. The highest BCUT2D eigenvalue weighted by atomic mass is 35.5. The molecule has 0 fully saturated rings. The molecular weight excluding hydrogens is 426 g/mol. The van der Waals surface area contributed by atoms with E-state index in [1.54, 1.807) is 30.4 Å². The number of carboxylic acid groups (broad SMARTS) is 1. The molecule has 0 saturated carbocycles. The van der Waals surface area contributed by atoms with Gasteiger partial charge < -0.3 is 15.2 Å². The number of carboxylic acids is 1. The minimum absolute atomic E-state index is 0.0233. The van der Waals surface area contributed by atoms with Gasteiger partial charge in [0.1, 0.15) is 6.61 Å². The van der Waals surface area contributed by atoms with Crippen molar-refractivity contribution >= 4 is 29.7 Å². The third-order valence-electron chi connectivity index (χ3n) is 5.44. The third-order valence-corrected chi connectivity index (χ3v) is 5.79. The predicted molar refractivity (Wildman–Crippen MR) is 125 cm³/mol. The smallest absolute Gasteiger partial charge is 0.407 e. The summed E-state index contributed by atoms with van der Waals surface area (Å²) in [5.41, 5.74) is 6.10. The SMILES string of the molecule is O=C(O)Cc1ccc(C=CCNC(=O)OCC2c3ccccc3-c3ccccc32)cc1Cl. The number of benzene rings is 3. The zero-order valence-corrected chi connectivity index (χ0v) is 18.0. The highest BCUT2D eigenvalue weighted by Gasteiger charge is 2.28. The van der Waals surface area contributed by atoms with Gasteiger partial charge in [0.15, 0.2) is 0 Å². The molecule has 0 aromatic heterocycles. The minimum Gasteiger partial charge on any atom is -0.481 e. The van der Waals surface area contributed by atoms with Crippen LogP contribution in [0.25, 0.3) is 17.2 Å². The Kier molecular flexibility index (Phi) is 6.57. The molecule has 32 heavy (non-hydrogen) atoms. The second kappa shape index (κ2) is 9.71. The number of ether oxygens (including phenoxy) is 1. The molecule has 0 heterocycles. The number of rotatable bonds is 7. The number of hydrogen-bond donors (Lipinski definition) is 2. The maximum absolute atomic E-state index is 12.2. The van der Waals surface area contributed by atoms with Crippen LogP contribution in [0.4, 0.5) is 4.79 Å². The van der Waals surface area contributed by atoms with Crippen molar-refractivity contribution in [3.63, 3.8) is 0 Å². The number of halogens is 1. The fourth-order valence-corrected chi connectivity index (χ4v) is 4.22. The lowest BCUT2D eigenvalue weighted by Gasteiger charge is -2.14. The average molecular weight is 448 g/mol. The van der Waals surface area contributed by atoms with Crippen LogP contribution in [0.3, 0.4) is 0 Å². The molecule has 1 amide bonds. The molecule has 3 aromatic carbocycles. The fraction of sp³-hybridized carbons (Fsp3) is 0.154. The molecular formula is C26H22ClNO4. The number of aliphatic carboxylic acids is 1. The van der Waals surface area contributed by atoms with Crippen molar-refractivity contribution in [1.82, 2.24) is 5.32 Å². The fourth-order valence-electron chi connectivity index (χ4n) is 3.96. The summed E-state index contributed by atoms with van der Waals surface area (Å²) in [6.07, 6.45) is 2.99. The van der Waals surface area contributed by atoms with Gasteiger partial charge in [-0.05, 0) is 39.4 Å². The van der Waals surface area contributed by atoms with Crippen molar-refractivity contribution in [2.45, 2.75) is 12.3 Å². The van der Waals surface area contributed by atoms with E-state index in [1.807, 2.05) is 24.3 Å². The highest BCUT2D eigenvalue weighted by Crippen LogP contribution is 2.44. The first-order chi connectivity index (χ1) is 15.5. The normalized spacial score (nSPS) is 12.4. The van der Waals surface area contributed by atoms with Gasteiger partial charge in [0.25, 0.3) is 0 Å². The molecule has 4 rings (SSSR count). The van der Waals surface area contributed by atoms with E-state index < -0.39 is 12.1 Å². The van der Waals surface area contributed by atoms with E-state index in [-0.39, 0.29) is 18.9 Å². The van der Waals surface area contributed by atoms with Crippen LogP contribution in [0.2, 0.25) is 5.02 Å². The Bertz CT molecular complexity index is 1140. The number of hydrogen-bond acceptors (Lipinski definition) is 3. The van der Waals surface area contributed by atoms with E-state index in [4.69, 9.17) is 21.4 Å². The van der Waals surface area contributed by atoms with Gasteiger partial charge in [-0.2, -0.15) is 0 Å². The Morgan fingerprint density at radius 1 is 1.00 bits per heavy atom. The summed E-state index contributed by atoms with van der Waals surface area (Å²) in [5, 5.41) is 12.0. The molecule has 0 unspecified atom stereocenters. The summed E-state index contributed by atoms with van der Waals surface area (Å²) in [7, 11) is 0. The standard InChI is InChI=1S/C26H22ClNO4/c27-24-14-17(11-12-18(24)15-25(29)30)6-5-13-28-26(31)32-16-23-21-9-3-1-7-19(21)20-8-2-4-10-22(20)23/h1-12,14,23H,13,15-16H2,(H,28,31)(H,29,30). The first-order valence-corrected chi connectivity index (χ1v) is 10.7. The van der Waals surface area contributed by atoms with E-state index >= 15 is 0 Å². The maximum Gasteiger partial charge on any atom is 0.407 e. The minimum atomic E-state index is -0.928. The van der Waals surface area contributed by atoms with Crippen LogP contribution in [0.1, 0.15) is 28.2 Å². The molecule has 1 aliphatic rings. The predicted octanol–water partition coefficient (Wildman–Crippen LogP) is 5.52. The molecule has 0 aliphatic heterocycles. The number of fused-ring (bicyclic) bond motifs is 3. The van der Waals surface area contributed by atoms with Crippen molar-refractivity contribution in [3.05, 3.63) is 100 Å². The van der Waals surface area contributed by atoms with Crippen LogP contribution in [0.5, 0.6) is 0 Å². The Hall–Kier alpha value is -3.57. The first-order valence-electron chi connectivity index (χ1n) is 10.3. The zero-order chi connectivity index (χ0) is 22.5. The molecule has 0 bridgehead atoms. The molecule has 3 aromatic rings. The molecule has 162 valence electrons. The topological polar surface area (TPSA) is 75.6 Å². The molecule has 0 atom stereocenters. The van der Waals surface area contributed by atoms with Gasteiger partial charge in [-0.15, -0.1) is 0 Å². The van der Waals surface area contributed by atoms with Gasteiger partial charge in [0.2, 0.25) is 0 Å². The number of carbonyl (C=O) groups excluding carboxylic acids is 1. The first kappa shape index (κ1) is 21.7. The summed E-state index contributed by atoms with van der Waals surface area (Å²) in [4.78, 5) is 23.0. The second-order valence-corrected chi connectivity index (χ2v) is 7.94. The van der Waals surface area contributed by atoms with Crippen LogP contribution >= 0.6 is 11.6 Å². The summed E-state index contributed by atoms with van der Waals surface area (Å²) < 4.78 is 5.50. The van der Waals surface area contributed by atoms with Crippen molar-refractivity contribution in [2.24, 2.45) is 0 Å². The van der Waals surface area contributed by atoms with Crippen molar-refractivity contribution in [3.8, 4) is 11.1 Å². The number of nitrogens with one attached hydrogen (secondary N) is 1. The lowest BCUT2D eigenvalue weighted by molar-refractivity contribution is -0.136. The molecule has 1 aliphatic carbocycles. The monoisotopic (exact) mass is 447 g/mol. The van der Waals surface area contributed by atoms with Crippen molar-refractivity contribution in [2.75, 3.05) is 13.2 Å². The number of alkyl carbamates (subject to hydrolysis) is 1. The molecule has 0 radical (unpaired) electrons. The van der Waals surface area contributed by atoms with Crippen LogP contribution in [-0.2, 0) is 16.0 Å². The van der Waals surface area contributed by atoms with Gasteiger partial charge in [-0.1, -0.05) is 84.4 Å². The Morgan fingerprint density at radius 3 is 2.28 bits per heavy atom. The van der Waals surface area contributed by atoms with E-state index in [0.29, 0.717) is 17.1 Å². The highest BCUT2D eigenvalue weighted by molar-refractivity contribution is 6.31. The lowest BCUT2D eigenvalue weighted by Crippen LogP contribution is -2.26. The molecule has 0 spiro atoms. The van der Waals surface area contributed by atoms with Gasteiger partial charge in [-0.25, -0.2) is 4.79 Å². The molecule has 2 N–H and O–H groups in total. The van der Waals surface area contributed by atoms with E-state index in [1.165, 1.54) is 22.3 Å². The Labute approximate surface area is 191 Å². The largest absolute Gasteiger partial charge is 0.481 e. The van der Waals surface area contributed by atoms with Crippen molar-refractivity contribution in [1.29, 1.82) is 0 Å².